The zero-order valence-electron chi connectivity index (χ0n) is 10.7. The molecule has 0 bridgehead atoms. The van der Waals surface area contributed by atoms with Crippen molar-refractivity contribution in [1.29, 1.82) is 0 Å². The maximum atomic E-state index is 11.8. The Labute approximate surface area is 112 Å². The number of amides is 1. The van der Waals surface area contributed by atoms with E-state index in [1.165, 1.54) is 18.2 Å². The fourth-order valence-electron chi connectivity index (χ4n) is 1.28. The van der Waals surface area contributed by atoms with Crippen LogP contribution in [0.4, 0.5) is 4.79 Å². The largest absolute Gasteiger partial charge is 0.441 e. The number of ether oxygens (including phenoxy) is 1. The van der Waals surface area contributed by atoms with E-state index in [0.29, 0.717) is 0 Å². The van der Waals surface area contributed by atoms with Crippen LogP contribution in [0.15, 0.2) is 47.5 Å². The van der Waals surface area contributed by atoms with Crippen molar-refractivity contribution in [2.24, 2.45) is 0 Å². The molecule has 1 amide bonds. The van der Waals surface area contributed by atoms with Gasteiger partial charge in [0.1, 0.15) is 6.10 Å². The highest BCUT2D eigenvalue weighted by Crippen LogP contribution is 2.10. The molecule has 0 aromatic heterocycles. The Kier molecular flexibility index (Phi) is 4.92. The third-order valence-electron chi connectivity index (χ3n) is 2.19. The number of sulfonamides is 1. The van der Waals surface area contributed by atoms with Gasteiger partial charge in [-0.15, -0.1) is 5.73 Å². The molecular weight excluding hydrogens is 266 g/mol. The Morgan fingerprint density at radius 1 is 1.42 bits per heavy atom. The van der Waals surface area contributed by atoms with Gasteiger partial charge in [-0.05, 0) is 32.1 Å². The number of hydrogen-bond donors (Lipinski definition) is 1. The summed E-state index contributed by atoms with van der Waals surface area (Å²) in [7, 11) is -3.91. The van der Waals surface area contributed by atoms with Crippen LogP contribution in [-0.4, -0.2) is 20.6 Å². The number of aryl methyl sites for hydroxylation is 1. The van der Waals surface area contributed by atoms with Crippen LogP contribution in [-0.2, 0) is 14.8 Å². The first kappa shape index (κ1) is 15.0. The van der Waals surface area contributed by atoms with E-state index in [1.54, 1.807) is 19.1 Å². The lowest BCUT2D eigenvalue weighted by Crippen LogP contribution is -2.32. The van der Waals surface area contributed by atoms with Crippen molar-refractivity contribution < 1.29 is 17.9 Å². The first-order valence-electron chi connectivity index (χ1n) is 5.51. The van der Waals surface area contributed by atoms with Crippen molar-refractivity contribution in [1.82, 2.24) is 4.72 Å². The molecule has 1 atom stereocenters. The molecule has 19 heavy (non-hydrogen) atoms. The zero-order chi connectivity index (χ0) is 14.5. The third-order valence-corrected chi connectivity index (χ3v) is 3.52. The summed E-state index contributed by atoms with van der Waals surface area (Å²) >= 11 is 0. The summed E-state index contributed by atoms with van der Waals surface area (Å²) in [6.07, 6.45) is -0.247. The van der Waals surface area contributed by atoms with Crippen LogP contribution in [0.2, 0.25) is 0 Å². The maximum Gasteiger partial charge on any atom is 0.421 e. The van der Waals surface area contributed by atoms with Gasteiger partial charge in [0.05, 0.1) is 4.90 Å². The van der Waals surface area contributed by atoms with Crippen LogP contribution < -0.4 is 4.72 Å². The molecule has 5 nitrogen and oxygen atoms in total. The SMILES string of the molecule is C=C=C[C@H](C)OC(=O)NS(=O)(=O)c1ccc(C)cc1. The zero-order valence-corrected chi connectivity index (χ0v) is 11.5. The van der Waals surface area contributed by atoms with Crippen LogP contribution in [0, 0.1) is 6.92 Å². The predicted octanol–water partition coefficient (Wildman–Crippen LogP) is 2.14. The van der Waals surface area contributed by atoms with Crippen molar-refractivity contribution >= 4 is 16.1 Å². The standard InChI is InChI=1S/C13H15NO4S/c1-4-5-11(3)18-13(15)14-19(16,17)12-8-6-10(2)7-9-12/h5-9,11H,1H2,2-3H3,(H,14,15)/t11-/m0/s1. The van der Waals surface area contributed by atoms with Crippen molar-refractivity contribution in [3.63, 3.8) is 0 Å². The highest BCUT2D eigenvalue weighted by Gasteiger charge is 2.19. The van der Waals surface area contributed by atoms with Gasteiger partial charge in [-0.1, -0.05) is 24.3 Å². The second-order valence-corrected chi connectivity index (χ2v) is 5.58. The molecule has 0 spiro atoms. The van der Waals surface area contributed by atoms with Crippen LogP contribution in [0.3, 0.4) is 0 Å². The Bertz CT molecular complexity index is 598. The highest BCUT2D eigenvalue weighted by atomic mass is 32.2. The average Bonchev–Trinajstić information content (AvgIpc) is 2.28. The van der Waals surface area contributed by atoms with Gasteiger partial charge in [0.25, 0.3) is 10.0 Å². The monoisotopic (exact) mass is 281 g/mol. The molecule has 0 unspecified atom stereocenters. The second kappa shape index (κ2) is 6.22. The molecule has 1 aromatic rings. The molecular formula is C13H15NO4S. The first-order valence-corrected chi connectivity index (χ1v) is 6.99. The van der Waals surface area contributed by atoms with Crippen molar-refractivity contribution in [2.45, 2.75) is 24.8 Å². The van der Waals surface area contributed by atoms with E-state index in [4.69, 9.17) is 4.74 Å². The van der Waals surface area contributed by atoms with Crippen LogP contribution >= 0.6 is 0 Å². The summed E-state index contributed by atoms with van der Waals surface area (Å²) in [5.41, 5.74) is 3.37. The van der Waals surface area contributed by atoms with Gasteiger partial charge in [0, 0.05) is 0 Å². The van der Waals surface area contributed by atoms with E-state index in [1.807, 2.05) is 11.6 Å². The van der Waals surface area contributed by atoms with E-state index in [9.17, 15) is 13.2 Å². The van der Waals surface area contributed by atoms with Gasteiger partial charge in [0.2, 0.25) is 0 Å². The Hall–Kier alpha value is -2.04. The van der Waals surface area contributed by atoms with Crippen LogP contribution in [0.1, 0.15) is 12.5 Å². The third kappa shape index (κ3) is 4.62. The van der Waals surface area contributed by atoms with Gasteiger partial charge in [0.15, 0.2) is 0 Å². The Balaban J connectivity index is 2.77. The number of benzene rings is 1. The molecule has 0 heterocycles. The van der Waals surface area contributed by atoms with Crippen molar-refractivity contribution in [3.8, 4) is 0 Å². The molecule has 0 radical (unpaired) electrons. The van der Waals surface area contributed by atoms with E-state index in [2.05, 4.69) is 12.3 Å². The van der Waals surface area contributed by atoms with Crippen molar-refractivity contribution in [2.75, 3.05) is 0 Å². The number of carbonyl (C=O) groups excluding carboxylic acids is 1. The molecule has 6 heteroatoms. The molecule has 0 fully saturated rings. The minimum absolute atomic E-state index is 0.00182. The molecule has 102 valence electrons. The summed E-state index contributed by atoms with van der Waals surface area (Å²) in [6.45, 7) is 6.73. The molecule has 1 rings (SSSR count). The molecule has 0 saturated carbocycles. The average molecular weight is 281 g/mol. The smallest absolute Gasteiger partial charge is 0.421 e. The highest BCUT2D eigenvalue weighted by molar-refractivity contribution is 7.90. The molecule has 0 aliphatic rings. The van der Waals surface area contributed by atoms with E-state index >= 15 is 0 Å². The summed E-state index contributed by atoms with van der Waals surface area (Å²) in [6, 6.07) is 6.11. The lowest BCUT2D eigenvalue weighted by molar-refractivity contribution is 0.133. The molecule has 0 saturated heterocycles. The minimum atomic E-state index is -3.91. The van der Waals surface area contributed by atoms with Gasteiger partial charge in [-0.25, -0.2) is 17.9 Å². The number of rotatable bonds is 4. The maximum absolute atomic E-state index is 11.8. The number of hydrogen-bond acceptors (Lipinski definition) is 4. The molecule has 1 aromatic carbocycles. The fraction of sp³-hybridized carbons (Fsp3) is 0.231. The Morgan fingerprint density at radius 2 is 2.00 bits per heavy atom. The Morgan fingerprint density at radius 3 is 2.53 bits per heavy atom. The number of carbonyl (C=O) groups is 1. The van der Waals surface area contributed by atoms with Gasteiger partial charge in [-0.2, -0.15) is 0 Å². The van der Waals surface area contributed by atoms with Gasteiger partial charge >= 0.3 is 6.09 Å². The normalized spacial score (nSPS) is 12.1. The minimum Gasteiger partial charge on any atom is -0.441 e. The van der Waals surface area contributed by atoms with Gasteiger partial charge < -0.3 is 4.74 Å². The summed E-state index contributed by atoms with van der Waals surface area (Å²) in [4.78, 5) is 11.4. The van der Waals surface area contributed by atoms with E-state index < -0.39 is 22.2 Å². The van der Waals surface area contributed by atoms with Crippen LogP contribution in [0.25, 0.3) is 0 Å². The summed E-state index contributed by atoms with van der Waals surface area (Å²) < 4.78 is 30.3. The molecule has 0 aliphatic carbocycles. The van der Waals surface area contributed by atoms with E-state index in [0.717, 1.165) is 5.56 Å². The topological polar surface area (TPSA) is 72.5 Å². The predicted molar refractivity (Wildman–Crippen MR) is 71.2 cm³/mol. The van der Waals surface area contributed by atoms with Gasteiger partial charge in [-0.3, -0.25) is 0 Å². The molecule has 0 aliphatic heterocycles. The quantitative estimate of drug-likeness (QED) is 0.858. The van der Waals surface area contributed by atoms with Crippen molar-refractivity contribution in [3.05, 3.63) is 48.2 Å². The van der Waals surface area contributed by atoms with Crippen LogP contribution in [0.5, 0.6) is 0 Å². The first-order chi connectivity index (χ1) is 8.85. The lowest BCUT2D eigenvalue weighted by Gasteiger charge is -2.10. The summed E-state index contributed by atoms with van der Waals surface area (Å²) in [5.74, 6) is 0. The lowest BCUT2D eigenvalue weighted by atomic mass is 10.2. The van der Waals surface area contributed by atoms with E-state index in [-0.39, 0.29) is 4.90 Å². The number of nitrogens with one attached hydrogen (secondary N) is 1. The fourth-order valence-corrected chi connectivity index (χ4v) is 2.16. The molecule has 1 N–H and O–H groups in total. The summed E-state index contributed by atoms with van der Waals surface area (Å²) in [5, 5.41) is 0. The second-order valence-electron chi connectivity index (χ2n) is 3.90.